The number of esters is 7. The van der Waals surface area contributed by atoms with Crippen LogP contribution in [0.4, 0.5) is 0 Å². The molecule has 0 bridgehead atoms. The Bertz CT molecular complexity index is 2020. The van der Waals surface area contributed by atoms with E-state index < -0.39 is 116 Å². The Kier molecular flexibility index (Phi) is 16.6. The van der Waals surface area contributed by atoms with E-state index in [9.17, 15) is 33.6 Å². The van der Waals surface area contributed by atoms with Gasteiger partial charge in [-0.25, -0.2) is 14.4 Å². The number of ether oxygens (including phenoxy) is 10. The van der Waals surface area contributed by atoms with Crippen molar-refractivity contribution in [3.05, 3.63) is 108 Å². The topological polar surface area (TPSA) is 224 Å². The molecule has 0 saturated carbocycles. The van der Waals surface area contributed by atoms with Crippen LogP contribution in [0.2, 0.25) is 0 Å². The van der Waals surface area contributed by atoms with Gasteiger partial charge < -0.3 is 47.4 Å². The van der Waals surface area contributed by atoms with Gasteiger partial charge in [0.2, 0.25) is 0 Å². The number of carbonyl (C=O) groups is 7. The van der Waals surface area contributed by atoms with Crippen molar-refractivity contribution in [2.45, 2.75) is 89.0 Å². The summed E-state index contributed by atoms with van der Waals surface area (Å²) in [6.07, 6.45) is -14.5. The SMILES string of the molecule is CO[C@H]1O[C@H](COC(=O)c2ccccc2)[C@@H](N(OC)[C@@H]2O[C@H](COC(C)=O)[C@H](OC(C)=O)[C@H](OC(C)=O)[C@H]2OC(C)=O)[C@H](OC(=O)c2ccccc2)[C@H]1OC(=O)c1ccccc1. The van der Waals surface area contributed by atoms with Crippen LogP contribution in [-0.4, -0.2) is 136 Å². The van der Waals surface area contributed by atoms with Crippen LogP contribution < -0.4 is 0 Å². The number of hydroxylamine groups is 2. The molecular formula is C43H47NO18. The maximum Gasteiger partial charge on any atom is 0.338 e. The van der Waals surface area contributed by atoms with Gasteiger partial charge in [-0.15, -0.1) is 5.06 Å². The molecule has 19 nitrogen and oxygen atoms in total. The molecule has 2 saturated heterocycles. The Hall–Kier alpha value is -6.25. The van der Waals surface area contributed by atoms with E-state index in [-0.39, 0.29) is 16.7 Å². The van der Waals surface area contributed by atoms with Crippen molar-refractivity contribution >= 4 is 41.8 Å². The number of rotatable bonds is 16. The van der Waals surface area contributed by atoms with Gasteiger partial charge in [-0.1, -0.05) is 54.6 Å². The first kappa shape index (κ1) is 46.8. The summed E-state index contributed by atoms with van der Waals surface area (Å²) in [7, 11) is 2.40. The lowest BCUT2D eigenvalue weighted by Gasteiger charge is -2.52. The molecule has 19 heteroatoms. The predicted octanol–water partition coefficient (Wildman–Crippen LogP) is 2.98. The third-order valence-corrected chi connectivity index (χ3v) is 9.47. The van der Waals surface area contributed by atoms with Gasteiger partial charge in [0.15, 0.2) is 43.0 Å². The molecule has 2 heterocycles. The van der Waals surface area contributed by atoms with Gasteiger partial charge in [0.1, 0.15) is 31.5 Å². The van der Waals surface area contributed by atoms with Crippen LogP contribution in [0.1, 0.15) is 58.8 Å². The van der Waals surface area contributed by atoms with E-state index in [1.807, 2.05) is 0 Å². The molecule has 10 atom stereocenters. The Balaban J connectivity index is 1.70. The average Bonchev–Trinajstić information content (AvgIpc) is 3.25. The number of nitrogens with zero attached hydrogens (tertiary/aromatic N) is 1. The lowest BCUT2D eigenvalue weighted by Crippen LogP contribution is -2.72. The van der Waals surface area contributed by atoms with Crippen LogP contribution >= 0.6 is 0 Å². The van der Waals surface area contributed by atoms with E-state index in [4.69, 9.17) is 52.2 Å². The molecule has 332 valence electrons. The van der Waals surface area contributed by atoms with E-state index in [0.717, 1.165) is 39.9 Å². The van der Waals surface area contributed by atoms with Crippen LogP contribution in [0.25, 0.3) is 0 Å². The molecule has 0 amide bonds. The number of hydrogen-bond acceptors (Lipinski definition) is 19. The van der Waals surface area contributed by atoms with Crippen LogP contribution in [0.3, 0.4) is 0 Å². The third-order valence-electron chi connectivity index (χ3n) is 9.47. The van der Waals surface area contributed by atoms with Crippen molar-refractivity contribution in [2.75, 3.05) is 27.4 Å². The molecule has 62 heavy (non-hydrogen) atoms. The fourth-order valence-corrected chi connectivity index (χ4v) is 6.94. The Labute approximate surface area is 356 Å². The molecule has 3 aromatic carbocycles. The Morgan fingerprint density at radius 3 is 1.40 bits per heavy atom. The van der Waals surface area contributed by atoms with Gasteiger partial charge in [0.25, 0.3) is 0 Å². The van der Waals surface area contributed by atoms with E-state index in [1.165, 1.54) is 43.5 Å². The first-order valence-corrected chi connectivity index (χ1v) is 19.3. The molecular weight excluding hydrogens is 818 g/mol. The van der Waals surface area contributed by atoms with Crippen molar-refractivity contribution < 1.29 is 85.8 Å². The van der Waals surface area contributed by atoms with E-state index >= 15 is 0 Å². The molecule has 0 radical (unpaired) electrons. The van der Waals surface area contributed by atoms with Crippen LogP contribution in [0.5, 0.6) is 0 Å². The molecule has 3 aromatic rings. The second kappa shape index (κ2) is 22.0. The normalized spacial score (nSPS) is 25.7. The van der Waals surface area contributed by atoms with Crippen molar-refractivity contribution in [3.63, 3.8) is 0 Å². The highest BCUT2D eigenvalue weighted by Crippen LogP contribution is 2.38. The first-order chi connectivity index (χ1) is 29.7. The van der Waals surface area contributed by atoms with Crippen molar-refractivity contribution in [3.8, 4) is 0 Å². The molecule has 0 spiro atoms. The van der Waals surface area contributed by atoms with Gasteiger partial charge in [-0.05, 0) is 36.4 Å². The standard InChI is InChI=1S/C43H47NO18/c1-24(45)54-23-32-34(56-25(2)46)36(57-26(3)47)37(58-27(4)48)39(59-32)44(53-6)33-31(22-55-40(49)28-16-10-7-11-17-28)60-43(52-5)38(62-42(51)30-20-14-9-15-21-30)35(33)61-41(50)29-18-12-8-13-19-29/h7-21,31-39,43H,22-23H2,1-6H3/t31-,32-,33-,34+,35+,36+,37-,38-,39-,43+/m1/s1. The molecule has 2 aliphatic heterocycles. The number of hydrogen-bond donors (Lipinski definition) is 0. The summed E-state index contributed by atoms with van der Waals surface area (Å²) in [5, 5.41) is 1.01. The maximum atomic E-state index is 14.1. The van der Waals surface area contributed by atoms with Gasteiger partial charge in [-0.2, -0.15) is 0 Å². The number of benzene rings is 3. The van der Waals surface area contributed by atoms with Crippen LogP contribution in [-0.2, 0) is 71.4 Å². The highest BCUT2D eigenvalue weighted by Gasteiger charge is 2.60. The highest BCUT2D eigenvalue weighted by atomic mass is 16.8. The average molecular weight is 866 g/mol. The van der Waals surface area contributed by atoms with E-state index in [2.05, 4.69) is 0 Å². The fourth-order valence-electron chi connectivity index (χ4n) is 6.94. The summed E-state index contributed by atoms with van der Waals surface area (Å²) >= 11 is 0. The number of methoxy groups -OCH3 is 1. The summed E-state index contributed by atoms with van der Waals surface area (Å²) in [6.45, 7) is 3.08. The summed E-state index contributed by atoms with van der Waals surface area (Å²) in [6, 6.07) is 22.1. The fraction of sp³-hybridized carbons (Fsp3) is 0.419. The molecule has 2 aliphatic rings. The quantitative estimate of drug-likeness (QED) is 0.115. The monoisotopic (exact) mass is 865 g/mol. The van der Waals surface area contributed by atoms with Crippen molar-refractivity contribution in [2.24, 2.45) is 0 Å². The zero-order valence-electron chi connectivity index (χ0n) is 34.6. The zero-order valence-corrected chi connectivity index (χ0v) is 34.6. The van der Waals surface area contributed by atoms with Crippen molar-refractivity contribution in [1.29, 1.82) is 0 Å². The summed E-state index contributed by atoms with van der Waals surface area (Å²) in [5.41, 5.74) is 0.352. The minimum absolute atomic E-state index is 0.0724. The molecule has 0 aromatic heterocycles. The summed E-state index contributed by atoms with van der Waals surface area (Å²) < 4.78 is 58.7. The van der Waals surface area contributed by atoms with Crippen LogP contribution in [0.15, 0.2) is 91.0 Å². The molecule has 0 unspecified atom stereocenters. The van der Waals surface area contributed by atoms with E-state index in [1.54, 1.807) is 54.6 Å². The predicted molar refractivity (Wildman–Crippen MR) is 208 cm³/mol. The third kappa shape index (κ3) is 12.0. The second-order valence-electron chi connectivity index (χ2n) is 13.8. The van der Waals surface area contributed by atoms with Gasteiger partial charge in [0, 0.05) is 34.8 Å². The summed E-state index contributed by atoms with van der Waals surface area (Å²) in [4.78, 5) is 97.4. The van der Waals surface area contributed by atoms with E-state index in [0.29, 0.717) is 0 Å². The largest absolute Gasteiger partial charge is 0.463 e. The molecule has 2 fully saturated rings. The Morgan fingerprint density at radius 1 is 0.484 bits per heavy atom. The first-order valence-electron chi connectivity index (χ1n) is 19.3. The molecule has 0 aliphatic carbocycles. The lowest BCUT2D eigenvalue weighted by molar-refractivity contribution is -0.376. The van der Waals surface area contributed by atoms with Crippen LogP contribution in [0, 0.1) is 0 Å². The summed E-state index contributed by atoms with van der Waals surface area (Å²) in [5.74, 6) is -6.04. The Morgan fingerprint density at radius 2 is 0.935 bits per heavy atom. The minimum atomic E-state index is -1.76. The zero-order chi connectivity index (χ0) is 44.9. The van der Waals surface area contributed by atoms with Gasteiger partial charge in [0.05, 0.1) is 23.8 Å². The smallest absolute Gasteiger partial charge is 0.338 e. The lowest BCUT2D eigenvalue weighted by atomic mass is 9.92. The van der Waals surface area contributed by atoms with Gasteiger partial charge >= 0.3 is 41.8 Å². The minimum Gasteiger partial charge on any atom is -0.463 e. The molecule has 0 N–H and O–H groups in total. The number of carbonyl (C=O) groups excluding carboxylic acids is 7. The maximum absolute atomic E-state index is 14.1. The molecule has 5 rings (SSSR count). The second-order valence-corrected chi connectivity index (χ2v) is 13.8. The van der Waals surface area contributed by atoms with Gasteiger partial charge in [-0.3, -0.25) is 24.0 Å². The van der Waals surface area contributed by atoms with Crippen molar-refractivity contribution in [1.82, 2.24) is 5.06 Å². The highest BCUT2D eigenvalue weighted by molar-refractivity contribution is 5.91.